The molecule has 0 bridgehead atoms. The molecule has 7 nitrogen and oxygen atoms in total. The molecule has 5 rings (SSSR count). The maximum absolute atomic E-state index is 15.0. The molecule has 0 aromatic heterocycles. The maximum Gasteiger partial charge on any atom is 0.432 e. The van der Waals surface area contributed by atoms with Crippen LogP contribution in [0, 0.1) is 11.8 Å². The van der Waals surface area contributed by atoms with Crippen molar-refractivity contribution >= 4 is 36.2 Å². The molecular formula is C46H55F3O7Si. The molecule has 5 atom stereocenters. The minimum Gasteiger partial charge on any atom is -0.451 e. The molecule has 0 saturated carbocycles. The smallest absolute Gasteiger partial charge is 0.432 e. The van der Waals surface area contributed by atoms with E-state index in [4.69, 9.17) is 18.6 Å². The van der Waals surface area contributed by atoms with Gasteiger partial charge in [0.2, 0.25) is 0 Å². The van der Waals surface area contributed by atoms with Crippen molar-refractivity contribution in [2.75, 3.05) is 13.7 Å². The summed E-state index contributed by atoms with van der Waals surface area (Å²) in [4.78, 5) is 42.7. The number of hydrogen-bond donors (Lipinski definition) is 0. The van der Waals surface area contributed by atoms with Crippen LogP contribution in [0.15, 0.2) is 114 Å². The van der Waals surface area contributed by atoms with E-state index in [1.165, 1.54) is 18.2 Å². The summed E-state index contributed by atoms with van der Waals surface area (Å²) in [6.07, 6.45) is -2.72. The number of ether oxygens (including phenoxy) is 3. The third-order valence-electron chi connectivity index (χ3n) is 11.4. The molecule has 0 amide bonds. The van der Waals surface area contributed by atoms with Crippen LogP contribution in [0.3, 0.4) is 0 Å². The van der Waals surface area contributed by atoms with Crippen molar-refractivity contribution in [2.24, 2.45) is 11.8 Å². The first-order valence-electron chi connectivity index (χ1n) is 19.6. The summed E-state index contributed by atoms with van der Waals surface area (Å²) in [6.45, 7) is 13.6. The molecule has 2 aliphatic rings. The number of halogens is 3. The van der Waals surface area contributed by atoms with E-state index in [9.17, 15) is 27.6 Å². The first-order chi connectivity index (χ1) is 26.8. The van der Waals surface area contributed by atoms with E-state index >= 15 is 0 Å². The van der Waals surface area contributed by atoms with Crippen molar-refractivity contribution in [3.63, 3.8) is 0 Å². The third-order valence-corrected chi connectivity index (χ3v) is 16.4. The predicted molar refractivity (Wildman–Crippen MR) is 217 cm³/mol. The molecule has 11 heteroatoms. The summed E-state index contributed by atoms with van der Waals surface area (Å²) in [6, 6.07) is 26.7. The Morgan fingerprint density at radius 1 is 0.912 bits per heavy atom. The zero-order valence-corrected chi connectivity index (χ0v) is 35.2. The molecule has 1 saturated heterocycles. The van der Waals surface area contributed by atoms with Gasteiger partial charge in [-0.1, -0.05) is 139 Å². The third kappa shape index (κ3) is 8.97. The SMILES string of the molecule is CO[C@@](C(=O)OC1C(=O)/C(C(C)C)=C/[C@@H]2O[C@]2(C)CC/C=C(/CO[Si](c2ccccc2)(c2ccccc2)C(C)(C)C)C(=O)CC[C@H]1C)(c1ccccc1)C(F)(F)F. The number of Topliss-reactive ketones (excluding diaryl/α,β-unsaturated/α-hetero) is 2. The van der Waals surface area contributed by atoms with E-state index in [1.807, 2.05) is 49.4 Å². The summed E-state index contributed by atoms with van der Waals surface area (Å²) in [5.74, 6) is -3.86. The zero-order valence-electron chi connectivity index (χ0n) is 34.2. The number of rotatable bonds is 10. The van der Waals surface area contributed by atoms with Gasteiger partial charge in [-0.2, -0.15) is 13.2 Å². The Hall–Kier alpha value is -4.16. The molecular weight excluding hydrogens is 750 g/mol. The monoisotopic (exact) mass is 804 g/mol. The van der Waals surface area contributed by atoms with Gasteiger partial charge in [0.1, 0.15) is 6.10 Å². The largest absolute Gasteiger partial charge is 0.451 e. The average molecular weight is 805 g/mol. The van der Waals surface area contributed by atoms with Crippen molar-refractivity contribution in [3.05, 3.63) is 120 Å². The normalized spacial score (nSPS) is 25.6. The molecule has 1 fully saturated rings. The first-order valence-corrected chi connectivity index (χ1v) is 21.5. The molecule has 3 aromatic carbocycles. The second-order valence-electron chi connectivity index (χ2n) is 16.7. The van der Waals surface area contributed by atoms with Gasteiger partial charge in [-0.15, -0.1) is 0 Å². The number of ketones is 2. The number of carbonyl (C=O) groups is 3. The number of carbonyl (C=O) groups excluding carboxylic acids is 3. The van der Waals surface area contributed by atoms with Gasteiger partial charge in [0.15, 0.2) is 17.7 Å². The van der Waals surface area contributed by atoms with Crippen LogP contribution in [-0.4, -0.2) is 63.6 Å². The number of methoxy groups -OCH3 is 1. The van der Waals surface area contributed by atoms with E-state index in [1.54, 1.807) is 26.8 Å². The molecule has 1 unspecified atom stereocenters. The lowest BCUT2D eigenvalue weighted by Crippen LogP contribution is -2.66. The summed E-state index contributed by atoms with van der Waals surface area (Å²) in [5, 5.41) is 1.78. The van der Waals surface area contributed by atoms with Crippen LogP contribution in [0.25, 0.3) is 0 Å². The fraction of sp³-hybridized carbons (Fsp3) is 0.457. The topological polar surface area (TPSA) is 91.4 Å². The summed E-state index contributed by atoms with van der Waals surface area (Å²) in [5.41, 5.74) is -3.90. The molecule has 1 heterocycles. The molecule has 0 radical (unpaired) electrons. The molecule has 306 valence electrons. The standard InChI is InChI=1S/C46H55F3O7Si/c1-31(2)37-29-39-44(7,56-39)28-18-19-33(30-54-57(43(4,5)6,35-22-14-10-15-23-35)36-24-16-11-17-25-36)38(50)27-26-32(3)41(40(37)51)55-42(52)45(53-8,46(47,48)49)34-20-12-9-13-21-34/h9-17,19-25,29,31-32,39,41H,18,26-28,30H2,1-8H3/b33-19-,37-29+/t32-,39+,41?,44-,45-/m1/s1. The molecule has 57 heavy (non-hydrogen) atoms. The van der Waals surface area contributed by atoms with E-state index in [-0.39, 0.29) is 41.8 Å². The van der Waals surface area contributed by atoms with Crippen LogP contribution in [0.2, 0.25) is 5.04 Å². The van der Waals surface area contributed by atoms with E-state index in [0.29, 0.717) is 18.4 Å². The Labute approximate surface area is 335 Å². The summed E-state index contributed by atoms with van der Waals surface area (Å²) < 4.78 is 68.8. The van der Waals surface area contributed by atoms with Gasteiger partial charge in [-0.25, -0.2) is 4.79 Å². The number of epoxide rings is 1. The predicted octanol–water partition coefficient (Wildman–Crippen LogP) is 8.59. The van der Waals surface area contributed by atoms with Gasteiger partial charge >= 0.3 is 12.1 Å². The van der Waals surface area contributed by atoms with E-state index in [2.05, 4.69) is 45.0 Å². The molecule has 3 aromatic rings. The van der Waals surface area contributed by atoms with Crippen LogP contribution < -0.4 is 10.4 Å². The summed E-state index contributed by atoms with van der Waals surface area (Å²) in [7, 11) is -2.25. The van der Waals surface area contributed by atoms with Gasteiger partial charge in [-0.3, -0.25) is 9.59 Å². The lowest BCUT2D eigenvalue weighted by molar-refractivity contribution is -0.278. The Kier molecular flexibility index (Phi) is 13.4. The maximum atomic E-state index is 15.0. The van der Waals surface area contributed by atoms with Gasteiger partial charge < -0.3 is 18.6 Å². The highest BCUT2D eigenvalue weighted by Crippen LogP contribution is 2.45. The van der Waals surface area contributed by atoms with Gasteiger partial charge in [0.05, 0.1) is 12.2 Å². The highest BCUT2D eigenvalue weighted by atomic mass is 28.4. The number of alkyl halides is 3. The average Bonchev–Trinajstić information content (AvgIpc) is 3.82. The number of esters is 1. The highest BCUT2D eigenvalue weighted by molar-refractivity contribution is 6.99. The first kappa shape index (κ1) is 43.9. The van der Waals surface area contributed by atoms with Crippen molar-refractivity contribution in [1.82, 2.24) is 0 Å². The Morgan fingerprint density at radius 3 is 1.95 bits per heavy atom. The van der Waals surface area contributed by atoms with E-state index in [0.717, 1.165) is 29.6 Å². The minimum absolute atomic E-state index is 0.0231. The summed E-state index contributed by atoms with van der Waals surface area (Å²) >= 11 is 0. The van der Waals surface area contributed by atoms with Crippen LogP contribution in [0.4, 0.5) is 13.2 Å². The molecule has 0 N–H and O–H groups in total. The second-order valence-corrected chi connectivity index (χ2v) is 21.0. The Bertz CT molecular complexity index is 1900. The van der Waals surface area contributed by atoms with Crippen molar-refractivity contribution < 1.29 is 46.2 Å². The van der Waals surface area contributed by atoms with Crippen molar-refractivity contribution in [2.45, 2.75) is 109 Å². The number of fused-ring (bicyclic) bond motifs is 1. The second kappa shape index (κ2) is 17.4. The number of benzene rings is 3. The van der Waals surface area contributed by atoms with Gasteiger partial charge in [0, 0.05) is 36.2 Å². The number of allylic oxidation sites excluding steroid dienone is 1. The van der Waals surface area contributed by atoms with E-state index < -0.39 is 61.1 Å². The van der Waals surface area contributed by atoms with Crippen LogP contribution >= 0.6 is 0 Å². The van der Waals surface area contributed by atoms with Gasteiger partial charge in [0.25, 0.3) is 13.9 Å². The zero-order chi connectivity index (χ0) is 41.8. The minimum atomic E-state index is -5.24. The van der Waals surface area contributed by atoms with Crippen LogP contribution in [0.1, 0.15) is 79.7 Å². The van der Waals surface area contributed by atoms with Crippen molar-refractivity contribution in [3.8, 4) is 0 Å². The lowest BCUT2D eigenvalue weighted by atomic mass is 9.85. The Balaban J connectivity index is 1.52. The molecule has 0 spiro atoms. The number of hydrogen-bond acceptors (Lipinski definition) is 7. The van der Waals surface area contributed by atoms with Crippen LogP contribution in [0.5, 0.6) is 0 Å². The highest BCUT2D eigenvalue weighted by Gasteiger charge is 2.65. The van der Waals surface area contributed by atoms with Crippen molar-refractivity contribution in [1.29, 1.82) is 0 Å². The van der Waals surface area contributed by atoms with Gasteiger partial charge in [-0.05, 0) is 53.6 Å². The quantitative estimate of drug-likeness (QED) is 0.115. The van der Waals surface area contributed by atoms with Crippen LogP contribution in [-0.2, 0) is 38.6 Å². The fourth-order valence-electron chi connectivity index (χ4n) is 7.97. The fourth-order valence-corrected chi connectivity index (χ4v) is 12.5. The molecule has 1 aliphatic carbocycles. The molecule has 1 aliphatic heterocycles. The Morgan fingerprint density at radius 2 is 1.46 bits per heavy atom. The lowest BCUT2D eigenvalue weighted by Gasteiger charge is -2.43.